The predicted molar refractivity (Wildman–Crippen MR) is 64.3 cm³/mol. The Morgan fingerprint density at radius 1 is 1.25 bits per heavy atom. The summed E-state index contributed by atoms with van der Waals surface area (Å²) >= 11 is 0. The van der Waals surface area contributed by atoms with Crippen molar-refractivity contribution in [3.05, 3.63) is 29.8 Å². The third kappa shape index (κ3) is 2.07. The van der Waals surface area contributed by atoms with Gasteiger partial charge in [0.25, 0.3) is 0 Å². The van der Waals surface area contributed by atoms with E-state index in [9.17, 15) is 0 Å². The van der Waals surface area contributed by atoms with Crippen LogP contribution in [0.4, 0.5) is 0 Å². The summed E-state index contributed by atoms with van der Waals surface area (Å²) in [6.45, 7) is 2.27. The van der Waals surface area contributed by atoms with Gasteiger partial charge in [-0.25, -0.2) is 0 Å². The van der Waals surface area contributed by atoms with E-state index in [1.165, 1.54) is 24.8 Å². The summed E-state index contributed by atoms with van der Waals surface area (Å²) in [7, 11) is 0. The molecule has 2 fully saturated rings. The molecule has 2 saturated carbocycles. The Kier molecular flexibility index (Phi) is 2.40. The van der Waals surface area contributed by atoms with Crippen LogP contribution in [0.25, 0.3) is 0 Å². The van der Waals surface area contributed by atoms with Crippen molar-refractivity contribution >= 4 is 0 Å². The van der Waals surface area contributed by atoms with Crippen molar-refractivity contribution in [2.75, 3.05) is 0 Å². The van der Waals surface area contributed by atoms with E-state index in [-0.39, 0.29) is 6.04 Å². The molecule has 0 radical (unpaired) electrons. The first-order valence-corrected chi connectivity index (χ1v) is 6.26. The molecule has 3 atom stereocenters. The third-order valence-corrected chi connectivity index (χ3v) is 3.73. The Bertz CT molecular complexity index is 369. The van der Waals surface area contributed by atoms with Crippen LogP contribution in [-0.4, -0.2) is 6.10 Å². The van der Waals surface area contributed by atoms with Crippen LogP contribution in [0.15, 0.2) is 24.3 Å². The zero-order chi connectivity index (χ0) is 11.1. The van der Waals surface area contributed by atoms with Gasteiger partial charge in [0.1, 0.15) is 5.75 Å². The summed E-state index contributed by atoms with van der Waals surface area (Å²) in [5.41, 5.74) is 7.46. The molecule has 1 aromatic carbocycles. The lowest BCUT2D eigenvalue weighted by Gasteiger charge is -2.12. The topological polar surface area (TPSA) is 35.2 Å². The van der Waals surface area contributed by atoms with Crippen molar-refractivity contribution in [1.82, 2.24) is 0 Å². The lowest BCUT2D eigenvalue weighted by Crippen LogP contribution is -2.13. The molecule has 16 heavy (non-hydrogen) atoms. The highest BCUT2D eigenvalue weighted by molar-refractivity contribution is 5.30. The van der Waals surface area contributed by atoms with E-state index in [1.54, 1.807) is 0 Å². The zero-order valence-electron chi connectivity index (χ0n) is 9.73. The normalized spacial score (nSPS) is 29.9. The van der Waals surface area contributed by atoms with Gasteiger partial charge in [-0.15, -0.1) is 0 Å². The Labute approximate surface area is 96.8 Å². The lowest BCUT2D eigenvalue weighted by atomic mass is 10.0. The number of hydrogen-bond donors (Lipinski definition) is 1. The summed E-state index contributed by atoms with van der Waals surface area (Å²) in [5.74, 6) is 2.48. The molecular formula is C14H19NO. The van der Waals surface area contributed by atoms with E-state index >= 15 is 0 Å². The molecule has 1 aromatic rings. The van der Waals surface area contributed by atoms with Gasteiger partial charge < -0.3 is 10.5 Å². The molecule has 2 aliphatic rings. The molecular weight excluding hydrogens is 198 g/mol. The highest BCUT2D eigenvalue weighted by Crippen LogP contribution is 2.45. The fraction of sp³-hybridized carbons (Fsp3) is 0.571. The molecule has 0 aliphatic heterocycles. The average molecular weight is 217 g/mol. The molecule has 0 spiro atoms. The monoisotopic (exact) mass is 217 g/mol. The lowest BCUT2D eigenvalue weighted by molar-refractivity contribution is 0.303. The van der Waals surface area contributed by atoms with Crippen molar-refractivity contribution in [2.45, 2.75) is 38.3 Å². The van der Waals surface area contributed by atoms with Gasteiger partial charge in [0.05, 0.1) is 6.10 Å². The van der Waals surface area contributed by atoms with Gasteiger partial charge in [0.15, 0.2) is 0 Å². The Morgan fingerprint density at radius 2 is 1.88 bits per heavy atom. The van der Waals surface area contributed by atoms with E-state index < -0.39 is 0 Å². The molecule has 0 amide bonds. The standard InChI is InChI=1S/C14H19NO/c1-9-8-13(9)14(15)10-2-4-11(5-3-10)16-12-6-7-12/h2-5,9,12-14H,6-8,15H2,1H3. The second kappa shape index (κ2) is 3.77. The van der Waals surface area contributed by atoms with Gasteiger partial charge in [0, 0.05) is 6.04 Å². The molecule has 0 heterocycles. The van der Waals surface area contributed by atoms with Gasteiger partial charge in [-0.1, -0.05) is 19.1 Å². The number of nitrogens with two attached hydrogens (primary N) is 1. The largest absolute Gasteiger partial charge is 0.490 e. The first-order valence-electron chi connectivity index (χ1n) is 6.26. The minimum absolute atomic E-state index is 0.213. The van der Waals surface area contributed by atoms with Crippen LogP contribution in [-0.2, 0) is 0 Å². The van der Waals surface area contributed by atoms with Crippen LogP contribution in [0.5, 0.6) is 5.75 Å². The van der Waals surface area contributed by atoms with Crippen LogP contribution >= 0.6 is 0 Å². The molecule has 0 saturated heterocycles. The van der Waals surface area contributed by atoms with Crippen LogP contribution in [0.2, 0.25) is 0 Å². The van der Waals surface area contributed by atoms with E-state index in [0.29, 0.717) is 12.0 Å². The summed E-state index contributed by atoms with van der Waals surface area (Å²) < 4.78 is 5.72. The maximum Gasteiger partial charge on any atom is 0.119 e. The second-order valence-corrected chi connectivity index (χ2v) is 5.29. The van der Waals surface area contributed by atoms with Crippen molar-refractivity contribution < 1.29 is 4.74 Å². The number of hydrogen-bond acceptors (Lipinski definition) is 2. The van der Waals surface area contributed by atoms with Crippen LogP contribution in [0.1, 0.15) is 37.8 Å². The smallest absolute Gasteiger partial charge is 0.119 e. The summed E-state index contributed by atoms with van der Waals surface area (Å²) in [6.07, 6.45) is 4.17. The Balaban J connectivity index is 1.66. The second-order valence-electron chi connectivity index (χ2n) is 5.29. The van der Waals surface area contributed by atoms with Crippen molar-refractivity contribution in [2.24, 2.45) is 17.6 Å². The molecule has 2 nitrogen and oxygen atoms in total. The highest BCUT2D eigenvalue weighted by Gasteiger charge is 2.38. The SMILES string of the molecule is CC1CC1C(N)c1ccc(OC2CC2)cc1. The summed E-state index contributed by atoms with van der Waals surface area (Å²) in [6, 6.07) is 8.56. The van der Waals surface area contributed by atoms with Crippen LogP contribution in [0, 0.1) is 11.8 Å². The number of rotatable bonds is 4. The number of ether oxygens (including phenoxy) is 1. The van der Waals surface area contributed by atoms with Gasteiger partial charge in [0.2, 0.25) is 0 Å². The summed E-state index contributed by atoms with van der Waals surface area (Å²) in [5, 5.41) is 0. The molecule has 0 aromatic heterocycles. The average Bonchev–Trinajstić information content (AvgIpc) is 3.17. The number of benzene rings is 1. The third-order valence-electron chi connectivity index (χ3n) is 3.73. The fourth-order valence-corrected chi connectivity index (χ4v) is 2.25. The molecule has 0 bridgehead atoms. The quantitative estimate of drug-likeness (QED) is 0.841. The minimum atomic E-state index is 0.213. The maximum absolute atomic E-state index is 6.21. The maximum atomic E-state index is 6.21. The van der Waals surface area contributed by atoms with Gasteiger partial charge in [-0.05, 0) is 48.8 Å². The van der Waals surface area contributed by atoms with E-state index in [2.05, 4.69) is 31.2 Å². The Hall–Kier alpha value is -1.02. The zero-order valence-corrected chi connectivity index (χ0v) is 9.73. The molecule has 2 N–H and O–H groups in total. The molecule has 3 unspecified atom stereocenters. The van der Waals surface area contributed by atoms with E-state index in [0.717, 1.165) is 11.7 Å². The first kappa shape index (κ1) is 10.2. The predicted octanol–water partition coefficient (Wildman–Crippen LogP) is 2.88. The van der Waals surface area contributed by atoms with Crippen molar-refractivity contribution in [3.63, 3.8) is 0 Å². The van der Waals surface area contributed by atoms with E-state index in [4.69, 9.17) is 10.5 Å². The van der Waals surface area contributed by atoms with Crippen molar-refractivity contribution in [3.8, 4) is 5.75 Å². The summed E-state index contributed by atoms with van der Waals surface area (Å²) in [4.78, 5) is 0. The molecule has 86 valence electrons. The molecule has 2 heteroatoms. The van der Waals surface area contributed by atoms with Gasteiger partial charge >= 0.3 is 0 Å². The van der Waals surface area contributed by atoms with Crippen molar-refractivity contribution in [1.29, 1.82) is 0 Å². The highest BCUT2D eigenvalue weighted by atomic mass is 16.5. The van der Waals surface area contributed by atoms with Gasteiger partial charge in [-0.2, -0.15) is 0 Å². The Morgan fingerprint density at radius 3 is 2.38 bits per heavy atom. The minimum Gasteiger partial charge on any atom is -0.490 e. The fourth-order valence-electron chi connectivity index (χ4n) is 2.25. The van der Waals surface area contributed by atoms with Gasteiger partial charge in [-0.3, -0.25) is 0 Å². The van der Waals surface area contributed by atoms with Crippen LogP contribution < -0.4 is 10.5 Å². The first-order chi connectivity index (χ1) is 7.74. The van der Waals surface area contributed by atoms with E-state index in [1.807, 2.05) is 0 Å². The molecule has 2 aliphatic carbocycles. The van der Waals surface area contributed by atoms with Crippen LogP contribution in [0.3, 0.4) is 0 Å². The molecule has 3 rings (SSSR count).